The smallest absolute Gasteiger partial charge is 0.253 e. The molecule has 3 heterocycles. The maximum Gasteiger partial charge on any atom is 0.253 e. The SMILES string of the molecule is Cc1cccc(C(=O)N2CCN(c3ncnc4[nH]ccc34)CC3(CC3)C2)c1. The second-order valence-electron chi connectivity index (χ2n) is 7.95. The number of nitrogens with one attached hydrogen (secondary N) is 1. The summed E-state index contributed by atoms with van der Waals surface area (Å²) in [5.41, 5.74) is 2.97. The van der Waals surface area contributed by atoms with Gasteiger partial charge in [0.15, 0.2) is 0 Å². The van der Waals surface area contributed by atoms with Gasteiger partial charge in [0.1, 0.15) is 17.8 Å². The van der Waals surface area contributed by atoms with E-state index in [0.717, 1.165) is 47.6 Å². The number of anilines is 1. The third-order valence-electron chi connectivity index (χ3n) is 5.83. The van der Waals surface area contributed by atoms with Crippen LogP contribution in [-0.4, -0.2) is 51.9 Å². The zero-order valence-electron chi connectivity index (χ0n) is 15.5. The molecule has 6 heteroatoms. The Morgan fingerprint density at radius 2 is 2.04 bits per heavy atom. The number of carbonyl (C=O) groups excluding carboxylic acids is 1. The number of hydrogen-bond acceptors (Lipinski definition) is 4. The summed E-state index contributed by atoms with van der Waals surface area (Å²) < 4.78 is 0. The number of aromatic nitrogens is 3. The second kappa shape index (κ2) is 6.08. The van der Waals surface area contributed by atoms with E-state index >= 15 is 0 Å². The van der Waals surface area contributed by atoms with E-state index in [1.807, 2.05) is 48.4 Å². The van der Waals surface area contributed by atoms with Crippen LogP contribution in [0.1, 0.15) is 28.8 Å². The molecule has 1 saturated carbocycles. The lowest BCUT2D eigenvalue weighted by atomic mass is 10.1. The molecule has 1 saturated heterocycles. The minimum Gasteiger partial charge on any atom is -0.354 e. The second-order valence-corrected chi connectivity index (χ2v) is 7.95. The zero-order chi connectivity index (χ0) is 18.4. The minimum atomic E-state index is 0.140. The predicted octanol–water partition coefficient (Wildman–Crippen LogP) is 3.01. The summed E-state index contributed by atoms with van der Waals surface area (Å²) in [5.74, 6) is 1.11. The van der Waals surface area contributed by atoms with Crippen molar-refractivity contribution in [2.75, 3.05) is 31.1 Å². The largest absolute Gasteiger partial charge is 0.354 e. The van der Waals surface area contributed by atoms with Crippen LogP contribution in [0.15, 0.2) is 42.9 Å². The molecule has 2 fully saturated rings. The van der Waals surface area contributed by atoms with Crippen LogP contribution in [0.25, 0.3) is 11.0 Å². The van der Waals surface area contributed by atoms with Crippen molar-refractivity contribution in [2.45, 2.75) is 19.8 Å². The standard InChI is InChI=1S/C21H23N5O/c1-15-3-2-4-16(11-15)20(27)26-10-9-25(12-21(13-26)6-7-21)19-17-5-8-22-18(17)23-14-24-19/h2-5,8,11,14H,6-7,9-10,12-13H2,1H3,(H,22,23,24). The quantitative estimate of drug-likeness (QED) is 0.762. The fourth-order valence-electron chi connectivity index (χ4n) is 4.18. The molecule has 1 aliphatic carbocycles. The molecule has 3 aromatic rings. The van der Waals surface area contributed by atoms with Crippen LogP contribution < -0.4 is 4.90 Å². The van der Waals surface area contributed by atoms with E-state index in [1.165, 1.54) is 12.8 Å². The van der Waals surface area contributed by atoms with Crippen molar-refractivity contribution in [3.8, 4) is 0 Å². The number of hydrogen-bond donors (Lipinski definition) is 1. The zero-order valence-corrected chi connectivity index (χ0v) is 15.5. The van der Waals surface area contributed by atoms with Crippen LogP contribution in [0, 0.1) is 12.3 Å². The van der Waals surface area contributed by atoms with Crippen molar-refractivity contribution >= 4 is 22.8 Å². The molecule has 138 valence electrons. The molecule has 1 amide bonds. The van der Waals surface area contributed by atoms with E-state index in [2.05, 4.69) is 19.9 Å². The van der Waals surface area contributed by atoms with Crippen molar-refractivity contribution < 1.29 is 4.79 Å². The highest BCUT2D eigenvalue weighted by Gasteiger charge is 2.48. The van der Waals surface area contributed by atoms with Crippen LogP contribution in [0.2, 0.25) is 0 Å². The maximum absolute atomic E-state index is 13.1. The van der Waals surface area contributed by atoms with E-state index in [0.29, 0.717) is 6.54 Å². The van der Waals surface area contributed by atoms with E-state index in [-0.39, 0.29) is 11.3 Å². The lowest BCUT2D eigenvalue weighted by molar-refractivity contribution is 0.0740. The summed E-state index contributed by atoms with van der Waals surface area (Å²) in [5, 5.41) is 1.05. The average Bonchev–Trinajstić information content (AvgIpc) is 3.32. The Morgan fingerprint density at radius 1 is 1.15 bits per heavy atom. The van der Waals surface area contributed by atoms with Gasteiger partial charge in [-0.2, -0.15) is 0 Å². The molecule has 1 N–H and O–H groups in total. The fraction of sp³-hybridized carbons (Fsp3) is 0.381. The van der Waals surface area contributed by atoms with Crippen LogP contribution in [-0.2, 0) is 0 Å². The van der Waals surface area contributed by atoms with Crippen molar-refractivity contribution in [2.24, 2.45) is 5.41 Å². The summed E-state index contributed by atoms with van der Waals surface area (Å²) in [4.78, 5) is 29.5. The van der Waals surface area contributed by atoms with Gasteiger partial charge in [-0.15, -0.1) is 0 Å². The first kappa shape index (κ1) is 16.3. The maximum atomic E-state index is 13.1. The molecule has 0 unspecified atom stereocenters. The highest BCUT2D eigenvalue weighted by Crippen LogP contribution is 2.48. The van der Waals surface area contributed by atoms with Crippen LogP contribution >= 0.6 is 0 Å². The van der Waals surface area contributed by atoms with Gasteiger partial charge in [-0.05, 0) is 38.0 Å². The molecule has 2 aromatic heterocycles. The first-order valence-electron chi connectivity index (χ1n) is 9.53. The van der Waals surface area contributed by atoms with Gasteiger partial charge in [0.2, 0.25) is 0 Å². The van der Waals surface area contributed by atoms with E-state index < -0.39 is 0 Å². The van der Waals surface area contributed by atoms with Crippen molar-refractivity contribution in [1.29, 1.82) is 0 Å². The summed E-state index contributed by atoms with van der Waals surface area (Å²) >= 11 is 0. The summed E-state index contributed by atoms with van der Waals surface area (Å²) in [7, 11) is 0. The third kappa shape index (κ3) is 2.95. The molecule has 1 aromatic carbocycles. The van der Waals surface area contributed by atoms with Gasteiger partial charge in [0, 0.05) is 43.4 Å². The molecule has 27 heavy (non-hydrogen) atoms. The fourth-order valence-corrected chi connectivity index (χ4v) is 4.18. The Balaban J connectivity index is 1.44. The molecule has 1 spiro atoms. The number of aromatic amines is 1. The molecule has 5 rings (SSSR count). The molecular formula is C21H23N5O. The normalized spacial score (nSPS) is 18.7. The molecule has 0 radical (unpaired) electrons. The first-order valence-corrected chi connectivity index (χ1v) is 9.53. The van der Waals surface area contributed by atoms with Crippen LogP contribution in [0.4, 0.5) is 5.82 Å². The lowest BCUT2D eigenvalue weighted by Crippen LogP contribution is -2.36. The highest BCUT2D eigenvalue weighted by molar-refractivity contribution is 5.94. The molecular weight excluding hydrogens is 338 g/mol. The van der Waals surface area contributed by atoms with Crippen molar-refractivity contribution in [3.63, 3.8) is 0 Å². The van der Waals surface area contributed by atoms with Gasteiger partial charge in [-0.3, -0.25) is 4.79 Å². The molecule has 0 bridgehead atoms. The lowest BCUT2D eigenvalue weighted by Gasteiger charge is -2.25. The van der Waals surface area contributed by atoms with Gasteiger partial charge < -0.3 is 14.8 Å². The minimum absolute atomic E-state index is 0.140. The van der Waals surface area contributed by atoms with E-state index in [1.54, 1.807) is 6.33 Å². The molecule has 1 aliphatic heterocycles. The van der Waals surface area contributed by atoms with Gasteiger partial charge in [-0.25, -0.2) is 9.97 Å². The summed E-state index contributed by atoms with van der Waals surface area (Å²) in [6.45, 7) is 5.31. The number of aryl methyl sites for hydroxylation is 1. The Bertz CT molecular complexity index is 1010. The van der Waals surface area contributed by atoms with Crippen molar-refractivity contribution in [1.82, 2.24) is 19.9 Å². The van der Waals surface area contributed by atoms with Gasteiger partial charge in [0.05, 0.1) is 5.39 Å². The number of amides is 1. The highest BCUT2D eigenvalue weighted by atomic mass is 16.2. The van der Waals surface area contributed by atoms with Crippen LogP contribution in [0.5, 0.6) is 0 Å². The average molecular weight is 361 g/mol. The van der Waals surface area contributed by atoms with E-state index in [4.69, 9.17) is 0 Å². The van der Waals surface area contributed by atoms with Crippen molar-refractivity contribution in [3.05, 3.63) is 54.0 Å². The summed E-state index contributed by atoms with van der Waals surface area (Å²) in [6.07, 6.45) is 5.86. The van der Waals surface area contributed by atoms with Gasteiger partial charge >= 0.3 is 0 Å². The van der Waals surface area contributed by atoms with E-state index in [9.17, 15) is 4.79 Å². The number of benzene rings is 1. The number of nitrogens with zero attached hydrogens (tertiary/aromatic N) is 4. The number of rotatable bonds is 2. The van der Waals surface area contributed by atoms with Gasteiger partial charge in [-0.1, -0.05) is 17.7 Å². The van der Waals surface area contributed by atoms with Gasteiger partial charge in [0.25, 0.3) is 5.91 Å². The Kier molecular flexibility index (Phi) is 3.67. The molecule has 2 aliphatic rings. The topological polar surface area (TPSA) is 65.1 Å². The molecule has 6 nitrogen and oxygen atoms in total. The predicted molar refractivity (Wildman–Crippen MR) is 105 cm³/mol. The first-order chi connectivity index (χ1) is 13.1. The number of H-pyrrole nitrogens is 1. The monoisotopic (exact) mass is 361 g/mol. The summed E-state index contributed by atoms with van der Waals surface area (Å²) in [6, 6.07) is 9.93. The van der Waals surface area contributed by atoms with Crippen LogP contribution in [0.3, 0.4) is 0 Å². The Hall–Kier alpha value is -2.89. The number of fused-ring (bicyclic) bond motifs is 1. The third-order valence-corrected chi connectivity index (χ3v) is 5.83. The number of carbonyl (C=O) groups is 1. The Labute approximate surface area is 158 Å². The Morgan fingerprint density at radius 3 is 2.85 bits per heavy atom. The molecule has 0 atom stereocenters.